The third-order valence-corrected chi connectivity index (χ3v) is 7.42. The van der Waals surface area contributed by atoms with Crippen LogP contribution in [0, 0.1) is 5.92 Å². The summed E-state index contributed by atoms with van der Waals surface area (Å²) in [5.41, 5.74) is 1.85. The summed E-state index contributed by atoms with van der Waals surface area (Å²) in [6, 6.07) is 2.71. The van der Waals surface area contributed by atoms with E-state index in [0.29, 0.717) is 11.6 Å². The van der Waals surface area contributed by atoms with E-state index in [1.165, 1.54) is 61.4 Å². The maximum absolute atomic E-state index is 5.10. The molecule has 114 valence electrons. The molecule has 1 N–H and O–H groups in total. The lowest BCUT2D eigenvalue weighted by Crippen LogP contribution is -2.47. The van der Waals surface area contributed by atoms with Gasteiger partial charge < -0.3 is 5.32 Å². The van der Waals surface area contributed by atoms with Crippen LogP contribution in [0.5, 0.6) is 0 Å². The molecule has 1 aromatic heterocycles. The molecule has 2 fully saturated rings. The number of nitrogens with one attached hydrogen (secondary N) is 1. The third kappa shape index (κ3) is 2.77. The maximum atomic E-state index is 5.10. The van der Waals surface area contributed by atoms with Crippen LogP contribution in [0.15, 0.2) is 16.4 Å². The molecular formula is C17H24N2S2. The molecule has 3 aliphatic rings. The quantitative estimate of drug-likeness (QED) is 0.806. The Kier molecular flexibility index (Phi) is 3.78. The van der Waals surface area contributed by atoms with Gasteiger partial charge in [-0.2, -0.15) is 0 Å². The molecule has 1 aromatic rings. The van der Waals surface area contributed by atoms with Crippen LogP contribution in [-0.4, -0.2) is 16.5 Å². The van der Waals surface area contributed by atoms with E-state index in [1.807, 2.05) is 23.1 Å². The van der Waals surface area contributed by atoms with E-state index in [0.717, 1.165) is 5.92 Å². The fourth-order valence-electron chi connectivity index (χ4n) is 4.22. The molecule has 3 atom stereocenters. The largest absolute Gasteiger partial charge is 0.359 e. The van der Waals surface area contributed by atoms with Crippen molar-refractivity contribution in [2.75, 3.05) is 5.75 Å². The van der Waals surface area contributed by atoms with Gasteiger partial charge in [0.1, 0.15) is 0 Å². The minimum atomic E-state index is 0.354. The fourth-order valence-corrected chi connectivity index (χ4v) is 6.44. The van der Waals surface area contributed by atoms with Gasteiger partial charge >= 0.3 is 0 Å². The van der Waals surface area contributed by atoms with Gasteiger partial charge in [-0.3, -0.25) is 4.99 Å². The summed E-state index contributed by atoms with van der Waals surface area (Å²) < 4.78 is 0. The van der Waals surface area contributed by atoms with Gasteiger partial charge in [0.25, 0.3) is 0 Å². The summed E-state index contributed by atoms with van der Waals surface area (Å²) in [5, 5.41) is 7.28. The molecule has 0 bridgehead atoms. The minimum absolute atomic E-state index is 0.354. The molecule has 2 aliphatic carbocycles. The molecular weight excluding hydrogens is 296 g/mol. The van der Waals surface area contributed by atoms with Crippen molar-refractivity contribution in [2.45, 2.75) is 63.5 Å². The molecule has 2 heterocycles. The molecule has 2 nitrogen and oxygen atoms in total. The lowest BCUT2D eigenvalue weighted by atomic mass is 9.78. The van der Waals surface area contributed by atoms with Gasteiger partial charge in [0.05, 0.1) is 6.04 Å². The molecule has 21 heavy (non-hydrogen) atoms. The first-order valence-corrected chi connectivity index (χ1v) is 10.2. The van der Waals surface area contributed by atoms with Crippen molar-refractivity contribution in [3.63, 3.8) is 0 Å². The summed E-state index contributed by atoms with van der Waals surface area (Å²) in [6.07, 6.45) is 9.21. The number of aliphatic imine (C=N–C) groups is 1. The van der Waals surface area contributed by atoms with Gasteiger partial charge in [-0.25, -0.2) is 0 Å². The summed E-state index contributed by atoms with van der Waals surface area (Å²) in [5.74, 6) is 2.09. The summed E-state index contributed by atoms with van der Waals surface area (Å²) >= 11 is 3.88. The van der Waals surface area contributed by atoms with Gasteiger partial charge in [0.2, 0.25) is 0 Å². The van der Waals surface area contributed by atoms with Gasteiger partial charge in [-0.05, 0) is 55.0 Å². The summed E-state index contributed by atoms with van der Waals surface area (Å²) in [6.45, 7) is 2.40. The Balaban J connectivity index is 1.51. The molecule has 3 unspecified atom stereocenters. The van der Waals surface area contributed by atoms with Crippen LogP contribution in [0.1, 0.15) is 61.9 Å². The van der Waals surface area contributed by atoms with Gasteiger partial charge in [0, 0.05) is 16.2 Å². The topological polar surface area (TPSA) is 24.4 Å². The van der Waals surface area contributed by atoms with Crippen molar-refractivity contribution < 1.29 is 0 Å². The lowest BCUT2D eigenvalue weighted by molar-refractivity contribution is 0.242. The second-order valence-corrected chi connectivity index (χ2v) is 9.00. The maximum Gasteiger partial charge on any atom is 0.157 e. The van der Waals surface area contributed by atoms with Gasteiger partial charge in [-0.15, -0.1) is 11.3 Å². The monoisotopic (exact) mass is 320 g/mol. The van der Waals surface area contributed by atoms with Crippen molar-refractivity contribution in [3.05, 3.63) is 21.9 Å². The van der Waals surface area contributed by atoms with Crippen molar-refractivity contribution in [3.8, 4) is 0 Å². The molecule has 1 aliphatic heterocycles. The highest BCUT2D eigenvalue weighted by Crippen LogP contribution is 2.41. The molecule has 4 heteroatoms. The number of hydrogen-bond acceptors (Lipinski definition) is 3. The standard InChI is InChI=1S/C17H24N2S2/c1-12-4-3-8-17(10-12)11-21-16(19-17)18-14-5-2-6-15-13(14)7-9-20-15/h7,9,12,14H,2-6,8,10-11H2,1H3,(H,18,19). The molecule has 1 saturated heterocycles. The van der Waals surface area contributed by atoms with Gasteiger partial charge in [0.15, 0.2) is 5.17 Å². The third-order valence-electron chi connectivity index (χ3n) is 5.24. The van der Waals surface area contributed by atoms with Crippen LogP contribution >= 0.6 is 23.1 Å². The number of thioether (sulfide) groups is 1. The van der Waals surface area contributed by atoms with Crippen LogP contribution in [-0.2, 0) is 6.42 Å². The number of hydrogen-bond donors (Lipinski definition) is 1. The Morgan fingerprint density at radius 2 is 2.29 bits per heavy atom. The molecule has 0 amide bonds. The SMILES string of the molecule is CC1CCCC2(CSC(=NC3CCCc4sccc43)N2)C1. The van der Waals surface area contributed by atoms with Crippen molar-refractivity contribution in [2.24, 2.45) is 10.9 Å². The Hall–Kier alpha value is -0.480. The Morgan fingerprint density at radius 1 is 1.33 bits per heavy atom. The van der Waals surface area contributed by atoms with E-state index in [9.17, 15) is 0 Å². The van der Waals surface area contributed by atoms with E-state index in [-0.39, 0.29) is 0 Å². The zero-order chi connectivity index (χ0) is 14.3. The zero-order valence-electron chi connectivity index (χ0n) is 12.7. The van der Waals surface area contributed by atoms with Crippen molar-refractivity contribution in [1.82, 2.24) is 5.32 Å². The summed E-state index contributed by atoms with van der Waals surface area (Å²) in [7, 11) is 0. The number of amidine groups is 1. The molecule has 1 spiro atoms. The Morgan fingerprint density at radius 3 is 3.19 bits per heavy atom. The van der Waals surface area contributed by atoms with Crippen molar-refractivity contribution >= 4 is 28.3 Å². The zero-order valence-corrected chi connectivity index (χ0v) is 14.4. The summed E-state index contributed by atoms with van der Waals surface area (Å²) in [4.78, 5) is 6.67. The molecule has 0 radical (unpaired) electrons. The minimum Gasteiger partial charge on any atom is -0.359 e. The second-order valence-electron chi connectivity index (χ2n) is 7.04. The first-order valence-electron chi connectivity index (χ1n) is 8.29. The van der Waals surface area contributed by atoms with Crippen molar-refractivity contribution in [1.29, 1.82) is 0 Å². The lowest BCUT2D eigenvalue weighted by Gasteiger charge is -2.36. The van der Waals surface area contributed by atoms with Gasteiger partial charge in [-0.1, -0.05) is 31.5 Å². The molecule has 0 aromatic carbocycles. The number of thiophene rings is 1. The fraction of sp³-hybridized carbons (Fsp3) is 0.706. The average molecular weight is 321 g/mol. The average Bonchev–Trinajstić information content (AvgIpc) is 3.07. The first kappa shape index (κ1) is 14.1. The molecule has 4 rings (SSSR count). The smallest absolute Gasteiger partial charge is 0.157 e. The van der Waals surface area contributed by atoms with E-state index in [2.05, 4.69) is 23.7 Å². The van der Waals surface area contributed by atoms with E-state index < -0.39 is 0 Å². The van der Waals surface area contributed by atoms with Crippen LogP contribution in [0.2, 0.25) is 0 Å². The number of rotatable bonds is 1. The predicted molar refractivity (Wildman–Crippen MR) is 93.4 cm³/mol. The first-order chi connectivity index (χ1) is 10.2. The predicted octanol–water partition coefficient (Wildman–Crippen LogP) is 4.77. The van der Waals surface area contributed by atoms with Crippen LogP contribution in [0.3, 0.4) is 0 Å². The second kappa shape index (κ2) is 5.62. The number of aryl methyl sites for hydroxylation is 1. The Bertz CT molecular complexity index is 551. The van der Waals surface area contributed by atoms with E-state index in [1.54, 1.807) is 4.88 Å². The van der Waals surface area contributed by atoms with Crippen LogP contribution in [0.25, 0.3) is 0 Å². The van der Waals surface area contributed by atoms with Crippen LogP contribution < -0.4 is 5.32 Å². The number of fused-ring (bicyclic) bond motifs is 1. The highest BCUT2D eigenvalue weighted by atomic mass is 32.2. The highest BCUT2D eigenvalue weighted by molar-refractivity contribution is 8.14. The molecule has 1 saturated carbocycles. The van der Waals surface area contributed by atoms with E-state index in [4.69, 9.17) is 4.99 Å². The Labute approximate surface area is 135 Å². The van der Waals surface area contributed by atoms with Crippen LogP contribution in [0.4, 0.5) is 0 Å². The van der Waals surface area contributed by atoms with E-state index >= 15 is 0 Å². The highest BCUT2D eigenvalue weighted by Gasteiger charge is 2.40. The normalized spacial score (nSPS) is 37.7. The number of nitrogens with zero attached hydrogens (tertiary/aromatic N) is 1.